The summed E-state index contributed by atoms with van der Waals surface area (Å²) in [5, 5.41) is 17.8. The lowest BCUT2D eigenvalue weighted by atomic mass is 10.1. The van der Waals surface area contributed by atoms with Crippen LogP contribution in [0.25, 0.3) is 0 Å². The molecule has 0 spiro atoms. The third kappa shape index (κ3) is 3.18. The van der Waals surface area contributed by atoms with Crippen LogP contribution in [0.3, 0.4) is 0 Å². The number of aliphatic hydroxyl groups is 2. The van der Waals surface area contributed by atoms with E-state index in [1.165, 1.54) is 6.07 Å². The van der Waals surface area contributed by atoms with Gasteiger partial charge in [-0.25, -0.2) is 4.39 Å². The van der Waals surface area contributed by atoms with Crippen molar-refractivity contribution in [3.05, 3.63) is 29.6 Å². The van der Waals surface area contributed by atoms with E-state index in [2.05, 4.69) is 0 Å². The minimum absolute atomic E-state index is 0.0167. The van der Waals surface area contributed by atoms with Gasteiger partial charge in [-0.15, -0.1) is 0 Å². The molecule has 90 valence electrons. The van der Waals surface area contributed by atoms with Crippen molar-refractivity contribution in [2.24, 2.45) is 0 Å². The van der Waals surface area contributed by atoms with Crippen LogP contribution in [0.5, 0.6) is 0 Å². The molecule has 16 heavy (non-hydrogen) atoms. The predicted molar refractivity (Wildman–Crippen MR) is 62.2 cm³/mol. The van der Waals surface area contributed by atoms with Crippen molar-refractivity contribution in [1.29, 1.82) is 0 Å². The van der Waals surface area contributed by atoms with Gasteiger partial charge in [-0.05, 0) is 24.1 Å². The van der Waals surface area contributed by atoms with Crippen molar-refractivity contribution in [2.45, 2.75) is 13.3 Å². The smallest absolute Gasteiger partial charge is 0.128 e. The van der Waals surface area contributed by atoms with Crippen molar-refractivity contribution >= 4 is 5.69 Å². The zero-order valence-electron chi connectivity index (χ0n) is 9.49. The molecule has 0 saturated carbocycles. The van der Waals surface area contributed by atoms with E-state index in [0.717, 1.165) is 0 Å². The highest BCUT2D eigenvalue weighted by Crippen LogP contribution is 2.18. The minimum atomic E-state index is -0.235. The lowest BCUT2D eigenvalue weighted by Gasteiger charge is -2.23. The Kier molecular flexibility index (Phi) is 5.22. The Hall–Kier alpha value is -1.13. The Balaban J connectivity index is 2.87. The molecule has 4 heteroatoms. The standard InChI is InChI=1S/C12H18FNO2/c1-2-10-3-4-11(9-12(10)13)14(5-7-15)6-8-16/h3-4,9,15-16H,2,5-8H2,1H3. The fourth-order valence-electron chi connectivity index (χ4n) is 1.63. The largest absolute Gasteiger partial charge is 0.395 e. The molecule has 0 aliphatic rings. The van der Waals surface area contributed by atoms with Crippen molar-refractivity contribution in [3.63, 3.8) is 0 Å². The van der Waals surface area contributed by atoms with Crippen molar-refractivity contribution in [1.82, 2.24) is 0 Å². The van der Waals surface area contributed by atoms with Crippen molar-refractivity contribution in [3.8, 4) is 0 Å². The van der Waals surface area contributed by atoms with Crippen molar-refractivity contribution < 1.29 is 14.6 Å². The Morgan fingerprint density at radius 2 is 1.81 bits per heavy atom. The molecule has 1 aromatic rings. The van der Waals surface area contributed by atoms with Gasteiger partial charge in [-0.2, -0.15) is 0 Å². The van der Waals surface area contributed by atoms with Crippen LogP contribution < -0.4 is 4.90 Å². The maximum absolute atomic E-state index is 13.5. The van der Waals surface area contributed by atoms with Crippen LogP contribution in [-0.4, -0.2) is 36.5 Å². The molecule has 0 atom stereocenters. The highest BCUT2D eigenvalue weighted by Gasteiger charge is 2.08. The van der Waals surface area contributed by atoms with Gasteiger partial charge in [0.1, 0.15) is 5.82 Å². The number of anilines is 1. The van der Waals surface area contributed by atoms with Crippen LogP contribution in [0.15, 0.2) is 18.2 Å². The molecule has 0 saturated heterocycles. The summed E-state index contributed by atoms with van der Waals surface area (Å²) in [4.78, 5) is 1.75. The second kappa shape index (κ2) is 6.45. The molecule has 0 aromatic heterocycles. The average Bonchev–Trinajstić information content (AvgIpc) is 2.28. The number of rotatable bonds is 6. The van der Waals surface area contributed by atoms with E-state index in [1.54, 1.807) is 11.0 Å². The Labute approximate surface area is 95.1 Å². The van der Waals surface area contributed by atoms with Gasteiger partial charge in [0.2, 0.25) is 0 Å². The van der Waals surface area contributed by atoms with Crippen LogP contribution in [0.4, 0.5) is 10.1 Å². The molecule has 0 bridgehead atoms. The first-order valence-corrected chi connectivity index (χ1v) is 5.48. The maximum Gasteiger partial charge on any atom is 0.128 e. The SMILES string of the molecule is CCc1ccc(N(CCO)CCO)cc1F. The van der Waals surface area contributed by atoms with Crippen molar-refractivity contribution in [2.75, 3.05) is 31.2 Å². The molecule has 0 aliphatic heterocycles. The van der Waals surface area contributed by atoms with E-state index >= 15 is 0 Å². The van der Waals surface area contributed by atoms with Gasteiger partial charge in [0.15, 0.2) is 0 Å². The first-order valence-electron chi connectivity index (χ1n) is 5.48. The molecular formula is C12H18FNO2. The molecule has 1 rings (SSSR count). The van der Waals surface area contributed by atoms with Gasteiger partial charge in [-0.3, -0.25) is 0 Å². The van der Waals surface area contributed by atoms with Crippen LogP contribution >= 0.6 is 0 Å². The van der Waals surface area contributed by atoms with Gasteiger partial charge in [0.25, 0.3) is 0 Å². The molecule has 0 amide bonds. The number of hydrogen-bond donors (Lipinski definition) is 2. The van der Waals surface area contributed by atoms with Crippen LogP contribution in [0.1, 0.15) is 12.5 Å². The molecule has 0 radical (unpaired) electrons. The summed E-state index contributed by atoms with van der Waals surface area (Å²) in [6.07, 6.45) is 0.659. The Morgan fingerprint density at radius 1 is 1.19 bits per heavy atom. The van der Waals surface area contributed by atoms with E-state index in [9.17, 15) is 4.39 Å². The summed E-state index contributed by atoms with van der Waals surface area (Å²) >= 11 is 0. The van der Waals surface area contributed by atoms with E-state index in [1.807, 2.05) is 13.0 Å². The van der Waals surface area contributed by atoms with Gasteiger partial charge in [0, 0.05) is 18.8 Å². The highest BCUT2D eigenvalue weighted by atomic mass is 19.1. The van der Waals surface area contributed by atoms with E-state index < -0.39 is 0 Å². The van der Waals surface area contributed by atoms with Crippen LogP contribution in [0, 0.1) is 5.82 Å². The second-order valence-electron chi connectivity index (χ2n) is 3.56. The number of aliphatic hydroxyl groups excluding tert-OH is 2. The lowest BCUT2D eigenvalue weighted by molar-refractivity contribution is 0.281. The van der Waals surface area contributed by atoms with E-state index in [-0.39, 0.29) is 19.0 Å². The number of hydrogen-bond acceptors (Lipinski definition) is 3. The zero-order valence-corrected chi connectivity index (χ0v) is 9.49. The minimum Gasteiger partial charge on any atom is -0.395 e. The molecule has 1 aromatic carbocycles. The summed E-state index contributed by atoms with van der Waals surface area (Å²) in [5.41, 5.74) is 1.37. The average molecular weight is 227 g/mol. The maximum atomic E-state index is 13.5. The fourth-order valence-corrected chi connectivity index (χ4v) is 1.63. The lowest BCUT2D eigenvalue weighted by Crippen LogP contribution is -2.29. The van der Waals surface area contributed by atoms with Gasteiger partial charge < -0.3 is 15.1 Å². The third-order valence-corrected chi connectivity index (χ3v) is 2.52. The molecule has 0 fully saturated rings. The second-order valence-corrected chi connectivity index (χ2v) is 3.56. The molecule has 3 nitrogen and oxygen atoms in total. The van der Waals surface area contributed by atoms with Gasteiger partial charge in [0.05, 0.1) is 13.2 Å². The number of aryl methyl sites for hydroxylation is 1. The number of halogens is 1. The molecule has 2 N–H and O–H groups in total. The summed E-state index contributed by atoms with van der Waals surface area (Å²) in [6.45, 7) is 2.66. The number of nitrogens with zero attached hydrogens (tertiary/aromatic N) is 1. The normalized spacial score (nSPS) is 10.5. The van der Waals surface area contributed by atoms with Crippen LogP contribution in [-0.2, 0) is 6.42 Å². The molecule has 0 aliphatic carbocycles. The quantitative estimate of drug-likeness (QED) is 0.767. The molecule has 0 unspecified atom stereocenters. The summed E-state index contributed by atoms with van der Waals surface area (Å²) in [5.74, 6) is -0.235. The van der Waals surface area contributed by atoms with E-state index in [4.69, 9.17) is 10.2 Å². The predicted octanol–water partition coefficient (Wildman–Crippen LogP) is 1.18. The molecular weight excluding hydrogens is 209 g/mol. The van der Waals surface area contributed by atoms with Crippen LogP contribution in [0.2, 0.25) is 0 Å². The Bertz CT molecular complexity index is 325. The summed E-state index contributed by atoms with van der Waals surface area (Å²) in [7, 11) is 0. The van der Waals surface area contributed by atoms with E-state index in [0.29, 0.717) is 30.8 Å². The summed E-state index contributed by atoms with van der Waals surface area (Å²) < 4.78 is 13.5. The number of benzene rings is 1. The first kappa shape index (κ1) is 12.9. The summed E-state index contributed by atoms with van der Waals surface area (Å²) in [6, 6.07) is 5.00. The third-order valence-electron chi connectivity index (χ3n) is 2.52. The Morgan fingerprint density at radius 3 is 2.25 bits per heavy atom. The highest BCUT2D eigenvalue weighted by molar-refractivity contribution is 5.48. The van der Waals surface area contributed by atoms with Gasteiger partial charge in [-0.1, -0.05) is 13.0 Å². The molecule has 0 heterocycles. The topological polar surface area (TPSA) is 43.7 Å². The monoisotopic (exact) mass is 227 g/mol. The zero-order chi connectivity index (χ0) is 12.0. The van der Waals surface area contributed by atoms with Gasteiger partial charge >= 0.3 is 0 Å². The first-order chi connectivity index (χ1) is 7.72. The fraction of sp³-hybridized carbons (Fsp3) is 0.500.